The fourth-order valence-electron chi connectivity index (χ4n) is 2.63. The average Bonchev–Trinajstić information content (AvgIpc) is 2.61. The molecular formula is C19H18ClN3O3. The molecule has 0 aliphatic carbocycles. The van der Waals surface area contributed by atoms with Crippen LogP contribution in [0.5, 0.6) is 11.5 Å². The van der Waals surface area contributed by atoms with Crippen LogP contribution in [0.2, 0.25) is 5.02 Å². The van der Waals surface area contributed by atoms with Gasteiger partial charge < -0.3 is 20.1 Å². The number of hydrogen-bond donors (Lipinski definition) is 2. The van der Waals surface area contributed by atoms with Crippen molar-refractivity contribution in [1.82, 2.24) is 4.98 Å². The van der Waals surface area contributed by atoms with Gasteiger partial charge in [-0.15, -0.1) is 0 Å². The van der Waals surface area contributed by atoms with Gasteiger partial charge in [-0.3, -0.25) is 4.98 Å². The second-order valence-electron chi connectivity index (χ2n) is 5.62. The summed E-state index contributed by atoms with van der Waals surface area (Å²) < 4.78 is 10.6. The van der Waals surface area contributed by atoms with Gasteiger partial charge in [0.25, 0.3) is 0 Å². The van der Waals surface area contributed by atoms with Crippen LogP contribution in [-0.4, -0.2) is 25.2 Å². The number of methoxy groups -OCH3 is 2. The Labute approximate surface area is 156 Å². The maximum Gasteiger partial charge on any atom is 0.323 e. The van der Waals surface area contributed by atoms with Crippen LogP contribution < -0.4 is 20.1 Å². The Morgan fingerprint density at radius 1 is 1.00 bits per heavy atom. The quantitative estimate of drug-likeness (QED) is 0.687. The number of hydrogen-bond acceptors (Lipinski definition) is 4. The number of urea groups is 1. The number of nitrogens with zero attached hydrogens (tertiary/aromatic N) is 1. The molecule has 0 saturated carbocycles. The van der Waals surface area contributed by atoms with Crippen LogP contribution in [0.15, 0.2) is 42.5 Å². The van der Waals surface area contributed by atoms with Crippen LogP contribution in [0, 0.1) is 6.92 Å². The molecule has 7 heteroatoms. The van der Waals surface area contributed by atoms with E-state index in [0.29, 0.717) is 27.9 Å². The molecule has 0 saturated heterocycles. The van der Waals surface area contributed by atoms with Crippen molar-refractivity contribution in [1.29, 1.82) is 0 Å². The number of aromatic nitrogens is 1. The molecule has 3 rings (SSSR count). The molecule has 134 valence electrons. The van der Waals surface area contributed by atoms with E-state index in [4.69, 9.17) is 21.1 Å². The number of rotatable bonds is 4. The molecule has 0 radical (unpaired) electrons. The van der Waals surface area contributed by atoms with Crippen molar-refractivity contribution in [3.8, 4) is 11.5 Å². The van der Waals surface area contributed by atoms with E-state index in [1.165, 1.54) is 7.11 Å². The Morgan fingerprint density at radius 2 is 1.77 bits per heavy atom. The molecule has 2 aromatic carbocycles. The van der Waals surface area contributed by atoms with Crippen LogP contribution >= 0.6 is 11.6 Å². The first kappa shape index (κ1) is 17.8. The summed E-state index contributed by atoms with van der Waals surface area (Å²) in [6.45, 7) is 1.90. The first-order valence-corrected chi connectivity index (χ1v) is 8.25. The molecule has 0 unspecified atom stereocenters. The molecule has 2 amide bonds. The molecule has 3 aromatic rings. The molecule has 26 heavy (non-hydrogen) atoms. The lowest BCUT2D eigenvalue weighted by Gasteiger charge is -2.12. The van der Waals surface area contributed by atoms with E-state index < -0.39 is 6.03 Å². The molecule has 0 bridgehead atoms. The van der Waals surface area contributed by atoms with E-state index in [1.54, 1.807) is 31.4 Å². The fourth-order valence-corrected chi connectivity index (χ4v) is 2.80. The van der Waals surface area contributed by atoms with Crippen molar-refractivity contribution >= 4 is 39.9 Å². The highest BCUT2D eigenvalue weighted by Crippen LogP contribution is 2.29. The summed E-state index contributed by atoms with van der Waals surface area (Å²) in [7, 11) is 3.13. The van der Waals surface area contributed by atoms with Gasteiger partial charge in [-0.2, -0.15) is 0 Å². The largest absolute Gasteiger partial charge is 0.496 e. The van der Waals surface area contributed by atoms with Crippen molar-refractivity contribution in [2.24, 2.45) is 0 Å². The van der Waals surface area contributed by atoms with Gasteiger partial charge in [0.05, 0.1) is 25.4 Å². The van der Waals surface area contributed by atoms with Crippen molar-refractivity contribution in [3.05, 3.63) is 53.2 Å². The smallest absolute Gasteiger partial charge is 0.323 e. The van der Waals surface area contributed by atoms with E-state index in [1.807, 2.05) is 25.1 Å². The Morgan fingerprint density at radius 3 is 2.50 bits per heavy atom. The van der Waals surface area contributed by atoms with Crippen LogP contribution in [0.3, 0.4) is 0 Å². The molecule has 1 aromatic heterocycles. The van der Waals surface area contributed by atoms with E-state index in [2.05, 4.69) is 15.6 Å². The van der Waals surface area contributed by atoms with Crippen molar-refractivity contribution in [2.75, 3.05) is 24.9 Å². The van der Waals surface area contributed by atoms with Crippen LogP contribution in [-0.2, 0) is 0 Å². The fraction of sp³-hybridized carbons (Fsp3) is 0.158. The lowest BCUT2D eigenvalue weighted by Crippen LogP contribution is -2.19. The summed E-state index contributed by atoms with van der Waals surface area (Å²) in [6.07, 6.45) is 0. The predicted molar refractivity (Wildman–Crippen MR) is 104 cm³/mol. The van der Waals surface area contributed by atoms with Gasteiger partial charge in [0.15, 0.2) is 0 Å². The van der Waals surface area contributed by atoms with Gasteiger partial charge in [-0.1, -0.05) is 11.6 Å². The van der Waals surface area contributed by atoms with Crippen LogP contribution in [0.4, 0.5) is 16.2 Å². The summed E-state index contributed by atoms with van der Waals surface area (Å²) in [6, 6.07) is 11.9. The number of carbonyl (C=O) groups is 1. The third kappa shape index (κ3) is 3.81. The Kier molecular flexibility index (Phi) is 5.14. The maximum atomic E-state index is 12.3. The summed E-state index contributed by atoms with van der Waals surface area (Å²) >= 11 is 5.98. The molecule has 0 aliphatic heterocycles. The lowest BCUT2D eigenvalue weighted by molar-refractivity contribution is 0.262. The van der Waals surface area contributed by atoms with Gasteiger partial charge in [-0.05, 0) is 43.3 Å². The Hall–Kier alpha value is -2.99. The van der Waals surface area contributed by atoms with Crippen LogP contribution in [0.25, 0.3) is 10.9 Å². The normalized spacial score (nSPS) is 10.5. The number of fused-ring (bicyclic) bond motifs is 1. The first-order chi connectivity index (χ1) is 12.5. The van der Waals surface area contributed by atoms with Crippen molar-refractivity contribution in [3.63, 3.8) is 0 Å². The highest BCUT2D eigenvalue weighted by Gasteiger charge is 2.10. The third-order valence-electron chi connectivity index (χ3n) is 3.79. The van der Waals surface area contributed by atoms with Gasteiger partial charge in [-0.25, -0.2) is 4.79 Å². The Balaban J connectivity index is 1.83. The Bertz CT molecular complexity index is 976. The standard InChI is InChI=1S/C19H18ClN3O3/c1-11-8-18(26-3)14-10-13(5-6-15(14)21-11)22-19(24)23-16-9-12(20)4-7-17(16)25-2/h4-10H,1-3H3,(H2,22,23,24). The number of anilines is 2. The molecule has 6 nitrogen and oxygen atoms in total. The van der Waals surface area contributed by atoms with Gasteiger partial charge in [0, 0.05) is 27.9 Å². The zero-order valence-corrected chi connectivity index (χ0v) is 15.3. The molecule has 2 N–H and O–H groups in total. The average molecular weight is 372 g/mol. The van der Waals surface area contributed by atoms with Gasteiger partial charge in [0.1, 0.15) is 11.5 Å². The molecule has 0 atom stereocenters. The van der Waals surface area contributed by atoms with Crippen molar-refractivity contribution < 1.29 is 14.3 Å². The third-order valence-corrected chi connectivity index (χ3v) is 4.02. The number of aryl methyl sites for hydroxylation is 1. The van der Waals surface area contributed by atoms with Gasteiger partial charge >= 0.3 is 6.03 Å². The number of benzene rings is 2. The second kappa shape index (κ2) is 7.49. The topological polar surface area (TPSA) is 72.5 Å². The number of halogens is 1. The molecule has 1 heterocycles. The minimum absolute atomic E-state index is 0.413. The van der Waals surface area contributed by atoms with E-state index >= 15 is 0 Å². The number of amides is 2. The minimum atomic E-state index is -0.413. The summed E-state index contributed by atoms with van der Waals surface area (Å²) in [4.78, 5) is 16.8. The maximum absolute atomic E-state index is 12.3. The van der Waals surface area contributed by atoms with Crippen LogP contribution in [0.1, 0.15) is 5.69 Å². The monoisotopic (exact) mass is 371 g/mol. The zero-order valence-electron chi connectivity index (χ0n) is 14.6. The molecule has 0 fully saturated rings. The van der Waals surface area contributed by atoms with E-state index in [0.717, 1.165) is 16.6 Å². The zero-order chi connectivity index (χ0) is 18.7. The summed E-state index contributed by atoms with van der Waals surface area (Å²) in [5.74, 6) is 1.22. The minimum Gasteiger partial charge on any atom is -0.496 e. The first-order valence-electron chi connectivity index (χ1n) is 7.87. The molecule has 0 spiro atoms. The van der Waals surface area contributed by atoms with E-state index in [9.17, 15) is 4.79 Å². The highest BCUT2D eigenvalue weighted by molar-refractivity contribution is 6.31. The number of ether oxygens (including phenoxy) is 2. The predicted octanol–water partition coefficient (Wildman–Crippen LogP) is 4.86. The summed E-state index contributed by atoms with van der Waals surface area (Å²) in [5.41, 5.74) is 2.75. The lowest BCUT2D eigenvalue weighted by atomic mass is 10.1. The van der Waals surface area contributed by atoms with Gasteiger partial charge in [0.2, 0.25) is 0 Å². The second-order valence-corrected chi connectivity index (χ2v) is 6.06. The SMILES string of the molecule is COc1ccc(Cl)cc1NC(=O)Nc1ccc2nc(C)cc(OC)c2c1. The summed E-state index contributed by atoms with van der Waals surface area (Å²) in [5, 5.41) is 6.83. The number of carbonyl (C=O) groups excluding carboxylic acids is 1. The number of nitrogens with one attached hydrogen (secondary N) is 2. The number of pyridine rings is 1. The molecular weight excluding hydrogens is 354 g/mol. The highest BCUT2D eigenvalue weighted by atomic mass is 35.5. The molecule has 0 aliphatic rings. The van der Waals surface area contributed by atoms with E-state index in [-0.39, 0.29) is 0 Å². The van der Waals surface area contributed by atoms with Crippen molar-refractivity contribution in [2.45, 2.75) is 6.92 Å².